The van der Waals surface area contributed by atoms with E-state index >= 15 is 0 Å². The summed E-state index contributed by atoms with van der Waals surface area (Å²) in [6.45, 7) is 0.352. The van der Waals surface area contributed by atoms with Crippen LogP contribution in [0.3, 0.4) is 0 Å². The van der Waals surface area contributed by atoms with Crippen LogP contribution in [0.15, 0.2) is 9.59 Å². The summed E-state index contributed by atoms with van der Waals surface area (Å²) in [5.41, 5.74) is -0.986. The molecular weight excluding hydrogens is 240 g/mol. The van der Waals surface area contributed by atoms with Gasteiger partial charge in [0.25, 0.3) is 5.56 Å². The van der Waals surface area contributed by atoms with Gasteiger partial charge in [0, 0.05) is 34.8 Å². The fourth-order valence-electron chi connectivity index (χ4n) is 1.57. The molecule has 0 aromatic carbocycles. The summed E-state index contributed by atoms with van der Waals surface area (Å²) >= 11 is 0. The average molecular weight is 258 g/mol. The number of anilines is 1. The van der Waals surface area contributed by atoms with E-state index in [0.29, 0.717) is 0 Å². The molecule has 1 N–H and O–H groups in total. The van der Waals surface area contributed by atoms with Crippen LogP contribution in [0.5, 0.6) is 0 Å². The molecule has 1 unspecified atom stereocenters. The van der Waals surface area contributed by atoms with Gasteiger partial charge in [-0.05, 0) is 0 Å². The van der Waals surface area contributed by atoms with Gasteiger partial charge in [0.15, 0.2) is 0 Å². The van der Waals surface area contributed by atoms with Crippen molar-refractivity contribution in [3.05, 3.63) is 20.8 Å². The number of hydrogen-bond acceptors (Lipinski definition) is 6. The molecule has 0 amide bonds. The SMILES string of the molecule is COCC(O)CN(C)c1nn(C)c(=O)n(C)c1=O. The third kappa shape index (κ3) is 2.96. The molecule has 1 aromatic rings. The minimum Gasteiger partial charge on any atom is -0.389 e. The van der Waals surface area contributed by atoms with Crippen molar-refractivity contribution in [2.45, 2.75) is 6.10 Å². The van der Waals surface area contributed by atoms with Gasteiger partial charge >= 0.3 is 5.69 Å². The van der Waals surface area contributed by atoms with Gasteiger partial charge in [-0.15, -0.1) is 5.10 Å². The molecule has 1 atom stereocenters. The molecule has 0 aliphatic rings. The Kier molecular flexibility index (Phi) is 4.62. The molecule has 1 heterocycles. The van der Waals surface area contributed by atoms with E-state index in [0.717, 1.165) is 9.25 Å². The first kappa shape index (κ1) is 14.4. The largest absolute Gasteiger partial charge is 0.389 e. The van der Waals surface area contributed by atoms with Crippen molar-refractivity contribution < 1.29 is 9.84 Å². The minimum atomic E-state index is -0.733. The lowest BCUT2D eigenvalue weighted by Crippen LogP contribution is -2.44. The maximum atomic E-state index is 11.9. The summed E-state index contributed by atoms with van der Waals surface area (Å²) in [4.78, 5) is 24.8. The van der Waals surface area contributed by atoms with Crippen LogP contribution in [0, 0.1) is 0 Å². The van der Waals surface area contributed by atoms with E-state index in [-0.39, 0.29) is 19.0 Å². The number of rotatable bonds is 5. The molecule has 1 rings (SSSR count). The van der Waals surface area contributed by atoms with E-state index in [4.69, 9.17) is 4.74 Å². The van der Waals surface area contributed by atoms with Gasteiger partial charge in [0.2, 0.25) is 5.82 Å². The second-order valence-electron chi connectivity index (χ2n) is 4.08. The summed E-state index contributed by atoms with van der Waals surface area (Å²) in [6, 6.07) is 0. The van der Waals surface area contributed by atoms with Gasteiger partial charge < -0.3 is 14.7 Å². The first-order chi connectivity index (χ1) is 8.38. The first-order valence-corrected chi connectivity index (χ1v) is 5.41. The van der Waals surface area contributed by atoms with Crippen molar-refractivity contribution in [3.8, 4) is 0 Å². The predicted molar refractivity (Wildman–Crippen MR) is 65.9 cm³/mol. The monoisotopic (exact) mass is 258 g/mol. The Bertz CT molecular complexity index is 522. The molecule has 0 radical (unpaired) electrons. The Hall–Kier alpha value is -1.67. The van der Waals surface area contributed by atoms with E-state index in [1.165, 1.54) is 26.1 Å². The smallest absolute Gasteiger partial charge is 0.346 e. The molecule has 0 fully saturated rings. The summed E-state index contributed by atoms with van der Waals surface area (Å²) in [5, 5.41) is 13.5. The molecule has 1 aromatic heterocycles. The van der Waals surface area contributed by atoms with E-state index in [1.54, 1.807) is 7.05 Å². The zero-order valence-corrected chi connectivity index (χ0v) is 11.0. The van der Waals surface area contributed by atoms with Crippen molar-refractivity contribution >= 4 is 5.82 Å². The fraction of sp³-hybridized carbons (Fsp3) is 0.700. The van der Waals surface area contributed by atoms with Crippen molar-refractivity contribution in [2.75, 3.05) is 32.2 Å². The molecular formula is C10H18N4O4. The minimum absolute atomic E-state index is 0.106. The number of methoxy groups -OCH3 is 1. The molecule has 0 saturated heterocycles. The molecule has 0 bridgehead atoms. The highest BCUT2D eigenvalue weighted by atomic mass is 16.5. The highest BCUT2D eigenvalue weighted by Gasteiger charge is 2.15. The van der Waals surface area contributed by atoms with Crippen LogP contribution in [0.4, 0.5) is 5.82 Å². The maximum Gasteiger partial charge on any atom is 0.346 e. The van der Waals surface area contributed by atoms with Crippen LogP contribution < -0.4 is 16.1 Å². The van der Waals surface area contributed by atoms with Crippen molar-refractivity contribution in [1.82, 2.24) is 14.3 Å². The lowest BCUT2D eigenvalue weighted by molar-refractivity contribution is 0.0693. The van der Waals surface area contributed by atoms with Gasteiger partial charge in [-0.2, -0.15) is 0 Å². The molecule has 18 heavy (non-hydrogen) atoms. The van der Waals surface area contributed by atoms with Crippen LogP contribution in [0.2, 0.25) is 0 Å². The Morgan fingerprint density at radius 1 is 1.44 bits per heavy atom. The number of aliphatic hydroxyl groups excluding tert-OH is 1. The number of aryl methyl sites for hydroxylation is 1. The van der Waals surface area contributed by atoms with E-state index in [9.17, 15) is 14.7 Å². The standard InChI is InChI=1S/C10H18N4O4/c1-12(5-7(15)6-18-4)8-9(16)13(2)10(17)14(3)11-8/h7,15H,5-6H2,1-4H3. The quantitative estimate of drug-likeness (QED) is 0.652. The normalized spacial score (nSPS) is 12.5. The van der Waals surface area contributed by atoms with Gasteiger partial charge in [-0.25, -0.2) is 9.48 Å². The Morgan fingerprint density at radius 3 is 2.61 bits per heavy atom. The van der Waals surface area contributed by atoms with E-state index in [1.807, 2.05) is 0 Å². The van der Waals surface area contributed by atoms with Gasteiger partial charge in [-0.1, -0.05) is 0 Å². The van der Waals surface area contributed by atoms with Crippen molar-refractivity contribution in [1.29, 1.82) is 0 Å². The lowest BCUT2D eigenvalue weighted by atomic mass is 10.3. The first-order valence-electron chi connectivity index (χ1n) is 5.41. The second kappa shape index (κ2) is 5.78. The summed E-state index contributed by atoms with van der Waals surface area (Å²) in [5.74, 6) is 0.106. The summed E-state index contributed by atoms with van der Waals surface area (Å²) < 4.78 is 6.85. The lowest BCUT2D eigenvalue weighted by Gasteiger charge is -2.21. The third-order valence-corrected chi connectivity index (χ3v) is 2.51. The predicted octanol–water partition coefficient (Wildman–Crippen LogP) is -2.08. The third-order valence-electron chi connectivity index (χ3n) is 2.51. The zero-order valence-electron chi connectivity index (χ0n) is 11.0. The van der Waals surface area contributed by atoms with Crippen LogP contribution >= 0.6 is 0 Å². The molecule has 102 valence electrons. The number of aliphatic hydroxyl groups is 1. The van der Waals surface area contributed by atoms with Crippen molar-refractivity contribution in [3.63, 3.8) is 0 Å². The van der Waals surface area contributed by atoms with Crippen LogP contribution in [0.25, 0.3) is 0 Å². The second-order valence-corrected chi connectivity index (χ2v) is 4.08. The number of nitrogens with zero attached hydrogens (tertiary/aromatic N) is 4. The highest BCUT2D eigenvalue weighted by molar-refractivity contribution is 5.33. The topological polar surface area (TPSA) is 89.6 Å². The average Bonchev–Trinajstić information content (AvgIpc) is 2.31. The summed E-state index contributed by atoms with van der Waals surface area (Å²) in [6.07, 6.45) is -0.733. The zero-order chi connectivity index (χ0) is 13.9. The van der Waals surface area contributed by atoms with E-state index < -0.39 is 17.4 Å². The number of aromatic nitrogens is 3. The maximum absolute atomic E-state index is 11.9. The Morgan fingerprint density at radius 2 is 2.06 bits per heavy atom. The fourth-order valence-corrected chi connectivity index (χ4v) is 1.57. The number of likely N-dealkylation sites (N-methyl/N-ethyl adjacent to an activating group) is 1. The molecule has 0 aliphatic heterocycles. The highest BCUT2D eigenvalue weighted by Crippen LogP contribution is 2.00. The summed E-state index contributed by atoms with van der Waals surface area (Å²) in [7, 11) is 5.94. The van der Waals surface area contributed by atoms with E-state index in [2.05, 4.69) is 5.10 Å². The van der Waals surface area contributed by atoms with Crippen LogP contribution in [-0.4, -0.2) is 52.9 Å². The number of hydrogen-bond donors (Lipinski definition) is 1. The molecule has 0 aliphatic carbocycles. The molecule has 8 heteroatoms. The van der Waals surface area contributed by atoms with Crippen molar-refractivity contribution in [2.24, 2.45) is 14.1 Å². The van der Waals surface area contributed by atoms with Crippen LogP contribution in [-0.2, 0) is 18.8 Å². The molecule has 8 nitrogen and oxygen atoms in total. The molecule has 0 saturated carbocycles. The molecule has 0 spiro atoms. The Balaban J connectivity index is 3.04. The van der Waals surface area contributed by atoms with Gasteiger partial charge in [0.1, 0.15) is 0 Å². The van der Waals surface area contributed by atoms with Crippen LogP contribution in [0.1, 0.15) is 0 Å². The van der Waals surface area contributed by atoms with Gasteiger partial charge in [-0.3, -0.25) is 9.36 Å². The Labute approximate surface area is 104 Å². The van der Waals surface area contributed by atoms with Gasteiger partial charge in [0.05, 0.1) is 12.7 Å². The number of ether oxygens (including phenoxy) is 1.